The molecule has 1 N–H and O–H groups in total. The largest absolute Gasteiger partial charge is 0.346 e. The van der Waals surface area contributed by atoms with E-state index in [4.69, 9.17) is 0 Å². The molecule has 0 aromatic rings. The van der Waals surface area contributed by atoms with Gasteiger partial charge in [0.15, 0.2) is 0 Å². The summed E-state index contributed by atoms with van der Waals surface area (Å²) in [5.41, 5.74) is 0.828. The van der Waals surface area contributed by atoms with Crippen molar-refractivity contribution in [3.63, 3.8) is 0 Å². The lowest BCUT2D eigenvalue weighted by Crippen LogP contribution is -2.30. The summed E-state index contributed by atoms with van der Waals surface area (Å²) in [6.45, 7) is 10.9. The van der Waals surface area contributed by atoms with Crippen molar-refractivity contribution in [3.8, 4) is 0 Å². The molecule has 0 atom stereocenters. The van der Waals surface area contributed by atoms with E-state index in [9.17, 15) is 9.59 Å². The molecule has 0 fully saturated rings. The van der Waals surface area contributed by atoms with Gasteiger partial charge in [0.05, 0.1) is 0 Å². The number of ketones is 1. The second-order valence-electron chi connectivity index (χ2n) is 2.20. The van der Waals surface area contributed by atoms with Crippen molar-refractivity contribution in [2.75, 3.05) is 6.54 Å². The second kappa shape index (κ2) is 7.98. The highest BCUT2D eigenvalue weighted by Crippen LogP contribution is 1.81. The topological polar surface area (TPSA) is 46.2 Å². The monoisotopic (exact) mass is 171 g/mol. The van der Waals surface area contributed by atoms with Crippen LogP contribution >= 0.6 is 0 Å². The fourth-order valence-corrected chi connectivity index (χ4v) is 0.356. The highest BCUT2D eigenvalue weighted by molar-refractivity contribution is 6.35. The Bertz CT molecular complexity index is 173. The lowest BCUT2D eigenvalue weighted by Gasteiger charge is -1.99. The Morgan fingerprint density at radius 2 is 1.67 bits per heavy atom. The van der Waals surface area contributed by atoms with Gasteiger partial charge in [-0.25, -0.2) is 0 Å². The van der Waals surface area contributed by atoms with E-state index in [1.54, 1.807) is 6.92 Å². The summed E-state index contributed by atoms with van der Waals surface area (Å²) in [6, 6.07) is 0. The van der Waals surface area contributed by atoms with E-state index in [-0.39, 0.29) is 0 Å². The molecular formula is C9H17NO2. The van der Waals surface area contributed by atoms with Crippen molar-refractivity contribution in [2.24, 2.45) is 0 Å². The van der Waals surface area contributed by atoms with Crippen molar-refractivity contribution in [2.45, 2.75) is 27.7 Å². The summed E-state index contributed by atoms with van der Waals surface area (Å²) in [5, 5.41) is 2.39. The van der Waals surface area contributed by atoms with Crippen LogP contribution in [0.15, 0.2) is 12.2 Å². The van der Waals surface area contributed by atoms with Gasteiger partial charge in [0.2, 0.25) is 5.78 Å². The quantitative estimate of drug-likeness (QED) is 0.514. The minimum Gasteiger partial charge on any atom is -0.346 e. The number of rotatable bonds is 3. The van der Waals surface area contributed by atoms with E-state index in [1.165, 1.54) is 6.92 Å². The first-order valence-electron chi connectivity index (χ1n) is 3.97. The normalized spacial score (nSPS) is 7.67. The molecular weight excluding hydrogens is 154 g/mol. The fourth-order valence-electron chi connectivity index (χ4n) is 0.356. The third-order valence-electron chi connectivity index (χ3n) is 0.870. The Labute approximate surface area is 73.8 Å². The summed E-state index contributed by atoms with van der Waals surface area (Å²) in [6.07, 6.45) is 0. The van der Waals surface area contributed by atoms with Crippen LogP contribution in [0.5, 0.6) is 0 Å². The van der Waals surface area contributed by atoms with Crippen LogP contribution in [-0.4, -0.2) is 18.2 Å². The fraction of sp³-hybridized carbons (Fsp3) is 0.556. The van der Waals surface area contributed by atoms with Crippen molar-refractivity contribution in [3.05, 3.63) is 12.2 Å². The van der Waals surface area contributed by atoms with Crippen LogP contribution in [0, 0.1) is 0 Å². The van der Waals surface area contributed by atoms with Gasteiger partial charge in [0, 0.05) is 13.5 Å². The molecule has 0 spiro atoms. The Balaban J connectivity index is 0. The highest BCUT2D eigenvalue weighted by Gasteiger charge is 2.04. The van der Waals surface area contributed by atoms with E-state index in [0.29, 0.717) is 6.54 Å². The number of hydrogen-bond donors (Lipinski definition) is 1. The van der Waals surface area contributed by atoms with E-state index in [1.807, 2.05) is 13.8 Å². The van der Waals surface area contributed by atoms with Gasteiger partial charge in [-0.2, -0.15) is 0 Å². The lowest BCUT2D eigenvalue weighted by atomic mass is 10.3. The molecule has 0 aliphatic heterocycles. The Morgan fingerprint density at radius 3 is 1.92 bits per heavy atom. The summed E-state index contributed by atoms with van der Waals surface area (Å²) < 4.78 is 0. The van der Waals surface area contributed by atoms with Crippen LogP contribution in [0.1, 0.15) is 27.7 Å². The van der Waals surface area contributed by atoms with Gasteiger partial charge in [-0.15, -0.1) is 0 Å². The molecule has 0 heterocycles. The Morgan fingerprint density at radius 1 is 1.25 bits per heavy atom. The molecule has 0 saturated carbocycles. The predicted molar refractivity (Wildman–Crippen MR) is 49.9 cm³/mol. The first-order valence-corrected chi connectivity index (χ1v) is 3.97. The summed E-state index contributed by atoms with van der Waals surface area (Å²) in [7, 11) is 0. The number of carbonyl (C=O) groups excluding carboxylic acids is 2. The zero-order chi connectivity index (χ0) is 10.1. The van der Waals surface area contributed by atoms with Crippen LogP contribution in [0.3, 0.4) is 0 Å². The van der Waals surface area contributed by atoms with Gasteiger partial charge < -0.3 is 5.32 Å². The standard InChI is InChI=1S/C7H11NO2.C2H6/c1-5(2)4-8-7(10)6(3)9;1-2/h1,4H2,2-3H3,(H,8,10);1-2H3. The first kappa shape index (κ1) is 13.5. The van der Waals surface area contributed by atoms with Gasteiger partial charge in [-0.1, -0.05) is 26.0 Å². The third-order valence-corrected chi connectivity index (χ3v) is 0.870. The zero-order valence-electron chi connectivity index (χ0n) is 8.23. The average Bonchev–Trinajstić information content (AvgIpc) is 2.03. The Hall–Kier alpha value is -1.12. The lowest BCUT2D eigenvalue weighted by molar-refractivity contribution is -0.136. The maximum absolute atomic E-state index is 10.5. The smallest absolute Gasteiger partial charge is 0.287 e. The SMILES string of the molecule is C=C(C)CNC(=O)C(C)=O.CC. The van der Waals surface area contributed by atoms with Gasteiger partial charge in [0.1, 0.15) is 0 Å². The molecule has 0 aliphatic rings. The molecule has 0 unspecified atom stereocenters. The summed E-state index contributed by atoms with van der Waals surface area (Å²) in [4.78, 5) is 20.9. The second-order valence-corrected chi connectivity index (χ2v) is 2.20. The maximum atomic E-state index is 10.5. The van der Waals surface area contributed by atoms with E-state index in [0.717, 1.165) is 5.57 Å². The number of amides is 1. The molecule has 0 aromatic carbocycles. The molecule has 1 amide bonds. The Kier molecular flexibility index (Phi) is 8.96. The van der Waals surface area contributed by atoms with E-state index >= 15 is 0 Å². The van der Waals surface area contributed by atoms with Gasteiger partial charge in [-0.05, 0) is 6.92 Å². The van der Waals surface area contributed by atoms with Crippen molar-refractivity contribution < 1.29 is 9.59 Å². The minimum absolute atomic E-state index is 0.373. The molecule has 12 heavy (non-hydrogen) atoms. The number of nitrogens with one attached hydrogen (secondary N) is 1. The first-order chi connectivity index (χ1) is 5.54. The van der Waals surface area contributed by atoms with Crippen LogP contribution in [0.2, 0.25) is 0 Å². The van der Waals surface area contributed by atoms with Gasteiger partial charge >= 0.3 is 0 Å². The predicted octanol–water partition coefficient (Wildman–Crippen LogP) is 1.29. The van der Waals surface area contributed by atoms with Crippen molar-refractivity contribution in [1.29, 1.82) is 0 Å². The molecule has 3 heteroatoms. The number of Topliss-reactive ketones (excluding diaryl/α,β-unsaturated/α-hetero) is 1. The molecule has 0 aromatic heterocycles. The molecule has 0 radical (unpaired) electrons. The molecule has 0 rings (SSSR count). The maximum Gasteiger partial charge on any atom is 0.287 e. The summed E-state index contributed by atoms with van der Waals surface area (Å²) >= 11 is 0. The average molecular weight is 171 g/mol. The highest BCUT2D eigenvalue weighted by atomic mass is 16.2. The molecule has 0 saturated heterocycles. The molecule has 0 aliphatic carbocycles. The van der Waals surface area contributed by atoms with Crippen LogP contribution in [-0.2, 0) is 9.59 Å². The van der Waals surface area contributed by atoms with Crippen LogP contribution in [0.25, 0.3) is 0 Å². The molecule has 0 bridgehead atoms. The van der Waals surface area contributed by atoms with Crippen LogP contribution in [0.4, 0.5) is 0 Å². The number of carbonyl (C=O) groups is 2. The third kappa shape index (κ3) is 8.88. The van der Waals surface area contributed by atoms with Crippen molar-refractivity contribution in [1.82, 2.24) is 5.32 Å². The van der Waals surface area contributed by atoms with Gasteiger partial charge in [-0.3, -0.25) is 9.59 Å². The summed E-state index contributed by atoms with van der Waals surface area (Å²) in [5.74, 6) is -1.02. The van der Waals surface area contributed by atoms with Gasteiger partial charge in [0.25, 0.3) is 5.91 Å². The van der Waals surface area contributed by atoms with E-state index in [2.05, 4.69) is 11.9 Å². The molecule has 3 nitrogen and oxygen atoms in total. The van der Waals surface area contributed by atoms with Crippen LogP contribution < -0.4 is 5.32 Å². The van der Waals surface area contributed by atoms with E-state index < -0.39 is 11.7 Å². The number of hydrogen-bond acceptors (Lipinski definition) is 2. The molecule has 70 valence electrons. The van der Waals surface area contributed by atoms with Crippen molar-refractivity contribution >= 4 is 11.7 Å². The minimum atomic E-state index is -0.553. The zero-order valence-corrected chi connectivity index (χ0v) is 8.23.